The zero-order chi connectivity index (χ0) is 19.3. The topological polar surface area (TPSA) is 46.5 Å². The maximum atomic E-state index is 12.9. The molecule has 0 aliphatic heterocycles. The third-order valence-electron chi connectivity index (χ3n) is 7.74. The molecule has 4 atom stereocenters. The van der Waals surface area contributed by atoms with Crippen LogP contribution in [0, 0.1) is 22.7 Å². The largest absolute Gasteiger partial charge is 0.507 e. The minimum atomic E-state index is -0.201. The first-order valence-corrected chi connectivity index (χ1v) is 9.75. The van der Waals surface area contributed by atoms with Crippen LogP contribution < -0.4 is 0 Å². The van der Waals surface area contributed by atoms with Crippen molar-refractivity contribution in [2.24, 2.45) is 22.7 Å². The highest BCUT2D eigenvalue weighted by molar-refractivity contribution is 6.09. The molecule has 3 aliphatic rings. The van der Waals surface area contributed by atoms with Crippen molar-refractivity contribution in [3.63, 3.8) is 0 Å². The van der Waals surface area contributed by atoms with Gasteiger partial charge in [0.15, 0.2) is 5.76 Å². The van der Waals surface area contributed by atoms with Crippen LogP contribution in [0.4, 0.5) is 0 Å². The Morgan fingerprint density at radius 3 is 2.65 bits per heavy atom. The number of rotatable bonds is 3. The van der Waals surface area contributed by atoms with E-state index in [1.807, 2.05) is 0 Å². The van der Waals surface area contributed by atoms with Gasteiger partial charge in [0, 0.05) is 11.1 Å². The molecular formula is C23H32O3. The minimum Gasteiger partial charge on any atom is -0.507 e. The molecular weight excluding hydrogens is 324 g/mol. The van der Waals surface area contributed by atoms with Crippen LogP contribution >= 0.6 is 0 Å². The summed E-state index contributed by atoms with van der Waals surface area (Å²) in [5.41, 5.74) is 2.35. The maximum absolute atomic E-state index is 12.9. The van der Waals surface area contributed by atoms with Crippen LogP contribution in [0.25, 0.3) is 0 Å². The van der Waals surface area contributed by atoms with Gasteiger partial charge in [-0.1, -0.05) is 39.5 Å². The number of ketones is 1. The van der Waals surface area contributed by atoms with Gasteiger partial charge in [-0.05, 0) is 67.3 Å². The fourth-order valence-electron chi connectivity index (χ4n) is 5.70. The number of aliphatic hydroxyl groups excluding tert-OH is 1. The molecule has 0 saturated heterocycles. The normalized spacial score (nSPS) is 38.2. The fourth-order valence-corrected chi connectivity index (χ4v) is 5.70. The van der Waals surface area contributed by atoms with Crippen LogP contribution in [0.3, 0.4) is 0 Å². The Kier molecular flexibility index (Phi) is 4.71. The zero-order valence-corrected chi connectivity index (χ0v) is 16.7. The van der Waals surface area contributed by atoms with E-state index in [2.05, 4.69) is 33.9 Å². The number of hydrogen-bond donors (Lipinski definition) is 1. The number of fused-ring (bicyclic) bond motifs is 1. The lowest BCUT2D eigenvalue weighted by Crippen LogP contribution is -2.50. The Balaban J connectivity index is 2.01. The van der Waals surface area contributed by atoms with Crippen molar-refractivity contribution >= 4 is 5.78 Å². The molecule has 0 aromatic carbocycles. The van der Waals surface area contributed by atoms with Crippen molar-refractivity contribution in [3.05, 3.63) is 47.5 Å². The SMILES string of the molecule is C=C1C=C(OC)C(=O)C(CC2(C)C(C)CCC3(C)C(=C)CCCC32)=C1O. The summed E-state index contributed by atoms with van der Waals surface area (Å²) in [7, 11) is 1.49. The predicted molar refractivity (Wildman–Crippen MR) is 105 cm³/mol. The van der Waals surface area contributed by atoms with Crippen LogP contribution in [-0.2, 0) is 9.53 Å². The Morgan fingerprint density at radius 1 is 1.31 bits per heavy atom. The molecule has 1 N–H and O–H groups in total. The third-order valence-corrected chi connectivity index (χ3v) is 7.74. The molecule has 2 fully saturated rings. The summed E-state index contributed by atoms with van der Waals surface area (Å²) >= 11 is 0. The molecule has 26 heavy (non-hydrogen) atoms. The first-order chi connectivity index (χ1) is 12.1. The number of allylic oxidation sites excluding steroid dienone is 3. The van der Waals surface area contributed by atoms with Gasteiger partial charge in [0.25, 0.3) is 0 Å². The number of aliphatic hydroxyl groups is 1. The number of carbonyl (C=O) groups excluding carboxylic acids is 1. The average Bonchev–Trinajstić information content (AvgIpc) is 2.61. The predicted octanol–water partition coefficient (Wildman–Crippen LogP) is 5.66. The minimum absolute atomic E-state index is 0.0335. The second-order valence-corrected chi connectivity index (χ2v) is 8.98. The highest BCUT2D eigenvalue weighted by Gasteiger charge is 2.54. The molecule has 3 heteroatoms. The lowest BCUT2D eigenvalue weighted by molar-refractivity contribution is -0.116. The van der Waals surface area contributed by atoms with Crippen LogP contribution in [0.5, 0.6) is 0 Å². The van der Waals surface area contributed by atoms with Gasteiger partial charge < -0.3 is 9.84 Å². The summed E-state index contributed by atoms with van der Waals surface area (Å²) in [6.45, 7) is 15.3. The second-order valence-electron chi connectivity index (χ2n) is 8.98. The summed E-state index contributed by atoms with van der Waals surface area (Å²) in [4.78, 5) is 12.9. The van der Waals surface area contributed by atoms with Gasteiger partial charge in [-0.2, -0.15) is 0 Å². The second kappa shape index (κ2) is 6.44. The van der Waals surface area contributed by atoms with Crippen molar-refractivity contribution in [1.29, 1.82) is 0 Å². The van der Waals surface area contributed by atoms with Crippen LogP contribution in [0.15, 0.2) is 47.5 Å². The quantitative estimate of drug-likeness (QED) is 0.664. The number of carbonyl (C=O) groups is 1. The lowest BCUT2D eigenvalue weighted by atomic mass is 9.46. The highest BCUT2D eigenvalue weighted by Crippen LogP contribution is 2.63. The van der Waals surface area contributed by atoms with Crippen molar-refractivity contribution in [3.8, 4) is 0 Å². The van der Waals surface area contributed by atoms with Gasteiger partial charge in [0.1, 0.15) is 5.76 Å². The molecule has 2 saturated carbocycles. The number of Topliss-reactive ketones (excluding diaryl/α,β-unsaturated/α-hetero) is 1. The Hall–Kier alpha value is -1.77. The van der Waals surface area contributed by atoms with Crippen molar-refractivity contribution in [2.75, 3.05) is 7.11 Å². The van der Waals surface area contributed by atoms with E-state index in [4.69, 9.17) is 4.74 Å². The monoisotopic (exact) mass is 356 g/mol. The average molecular weight is 357 g/mol. The van der Waals surface area contributed by atoms with E-state index in [1.54, 1.807) is 0 Å². The zero-order valence-electron chi connectivity index (χ0n) is 16.7. The molecule has 142 valence electrons. The molecule has 0 radical (unpaired) electrons. The summed E-state index contributed by atoms with van der Waals surface area (Å²) in [5.74, 6) is 1.05. The van der Waals surface area contributed by atoms with Crippen molar-refractivity contribution < 1.29 is 14.6 Å². The van der Waals surface area contributed by atoms with Gasteiger partial charge in [-0.15, -0.1) is 0 Å². The molecule has 0 heterocycles. The summed E-state index contributed by atoms with van der Waals surface area (Å²) in [6.07, 6.45) is 7.81. The van der Waals surface area contributed by atoms with Gasteiger partial charge in [-0.3, -0.25) is 4.79 Å². The summed E-state index contributed by atoms with van der Waals surface area (Å²) < 4.78 is 5.24. The third kappa shape index (κ3) is 2.67. The Morgan fingerprint density at radius 2 is 2.00 bits per heavy atom. The number of ether oxygens (including phenoxy) is 1. The molecule has 0 bridgehead atoms. The van der Waals surface area contributed by atoms with E-state index < -0.39 is 0 Å². The van der Waals surface area contributed by atoms with Crippen LogP contribution in [0.1, 0.15) is 59.3 Å². The van der Waals surface area contributed by atoms with E-state index in [0.29, 0.717) is 29.4 Å². The van der Waals surface area contributed by atoms with E-state index in [0.717, 1.165) is 25.7 Å². The molecule has 4 unspecified atom stereocenters. The fraction of sp³-hybridized carbons (Fsp3) is 0.609. The molecule has 3 rings (SSSR count). The van der Waals surface area contributed by atoms with Crippen molar-refractivity contribution in [1.82, 2.24) is 0 Å². The number of methoxy groups -OCH3 is 1. The maximum Gasteiger partial charge on any atom is 0.227 e. The lowest BCUT2D eigenvalue weighted by Gasteiger charge is -2.59. The van der Waals surface area contributed by atoms with Crippen molar-refractivity contribution in [2.45, 2.75) is 59.3 Å². The summed E-state index contributed by atoms with van der Waals surface area (Å²) in [6, 6.07) is 0. The first kappa shape index (κ1) is 19.0. The molecule has 0 aromatic rings. The summed E-state index contributed by atoms with van der Waals surface area (Å²) in [5, 5.41) is 10.6. The van der Waals surface area contributed by atoms with E-state index in [9.17, 15) is 9.90 Å². The molecule has 0 spiro atoms. The first-order valence-electron chi connectivity index (χ1n) is 9.75. The highest BCUT2D eigenvalue weighted by atomic mass is 16.5. The Labute approximate surface area is 157 Å². The standard InChI is InChI=1S/C23H32O3/c1-14-12-18(26-6)21(25)17(20(14)24)13-23(5)16(3)10-11-22(4)15(2)8-7-9-19(22)23/h12,16,19,24H,1-2,7-11,13H2,3-6H3. The van der Waals surface area contributed by atoms with Crippen LogP contribution in [0.2, 0.25) is 0 Å². The van der Waals surface area contributed by atoms with E-state index in [1.165, 1.54) is 25.2 Å². The van der Waals surface area contributed by atoms with Gasteiger partial charge >= 0.3 is 0 Å². The Bertz CT molecular complexity index is 726. The van der Waals surface area contributed by atoms with Crippen LogP contribution in [-0.4, -0.2) is 18.0 Å². The molecule has 0 amide bonds. The van der Waals surface area contributed by atoms with Gasteiger partial charge in [-0.25, -0.2) is 0 Å². The smallest absolute Gasteiger partial charge is 0.227 e. The van der Waals surface area contributed by atoms with Gasteiger partial charge in [0.05, 0.1) is 7.11 Å². The number of hydrogen-bond acceptors (Lipinski definition) is 3. The molecule has 3 aliphatic carbocycles. The molecule has 0 aromatic heterocycles. The van der Waals surface area contributed by atoms with Gasteiger partial charge in [0.2, 0.25) is 5.78 Å². The van der Waals surface area contributed by atoms with E-state index in [-0.39, 0.29) is 28.1 Å². The molecule has 3 nitrogen and oxygen atoms in total. The van der Waals surface area contributed by atoms with E-state index >= 15 is 0 Å².